The molecule has 21 heavy (non-hydrogen) atoms. The van der Waals surface area contributed by atoms with E-state index in [1.807, 2.05) is 12.1 Å². The van der Waals surface area contributed by atoms with Gasteiger partial charge in [-0.2, -0.15) is 0 Å². The molecule has 0 aliphatic carbocycles. The molecule has 5 nitrogen and oxygen atoms in total. The second-order valence-electron chi connectivity index (χ2n) is 4.07. The zero-order chi connectivity index (χ0) is 15.1. The molecule has 108 valence electrons. The van der Waals surface area contributed by atoms with Crippen LogP contribution in [-0.4, -0.2) is 17.6 Å². The Labute approximate surface area is 125 Å². The molecule has 0 saturated heterocycles. The Morgan fingerprint density at radius 2 is 2.19 bits per heavy atom. The lowest BCUT2D eigenvalue weighted by Crippen LogP contribution is -2.22. The van der Waals surface area contributed by atoms with E-state index < -0.39 is 5.63 Å². The molecule has 0 bridgehead atoms. The lowest BCUT2D eigenvalue weighted by Gasteiger charge is -2.02. The van der Waals surface area contributed by atoms with Gasteiger partial charge in [0.25, 0.3) is 5.91 Å². The van der Waals surface area contributed by atoms with E-state index in [2.05, 4.69) is 21.6 Å². The first-order valence-corrected chi connectivity index (χ1v) is 7.06. The first kappa shape index (κ1) is 15.0. The van der Waals surface area contributed by atoms with Gasteiger partial charge in [0.05, 0.1) is 23.6 Å². The summed E-state index contributed by atoms with van der Waals surface area (Å²) >= 11 is 1.48. The highest BCUT2D eigenvalue weighted by molar-refractivity contribution is 7.12. The van der Waals surface area contributed by atoms with Gasteiger partial charge in [-0.15, -0.1) is 11.3 Å². The molecular weight excluding hydrogens is 290 g/mol. The van der Waals surface area contributed by atoms with Gasteiger partial charge in [0, 0.05) is 17.4 Å². The molecule has 0 saturated carbocycles. The maximum Gasteiger partial charge on any atom is 0.335 e. The first-order chi connectivity index (χ1) is 10.2. The third-order valence-corrected chi connectivity index (χ3v) is 3.50. The molecule has 0 unspecified atom stereocenters. The molecule has 0 spiro atoms. The summed E-state index contributed by atoms with van der Waals surface area (Å²) in [4.78, 5) is 24.5. The Hall–Kier alpha value is -2.36. The van der Waals surface area contributed by atoms with E-state index in [1.54, 1.807) is 0 Å². The van der Waals surface area contributed by atoms with Crippen molar-refractivity contribution in [1.82, 2.24) is 5.32 Å². The molecule has 0 atom stereocenters. The van der Waals surface area contributed by atoms with Crippen molar-refractivity contribution in [1.29, 1.82) is 0 Å². The number of nitrogens with one attached hydrogen (secondary N) is 1. The Kier molecular flexibility index (Phi) is 5.32. The summed E-state index contributed by atoms with van der Waals surface area (Å²) in [6.45, 7) is 0.429. The standard InChI is InChI=1S/C15H13NO4S/c17-8-2-1-3-12-5-6-13(21-12)9-16-15(19)11-4-7-14(18)20-10-11/h4-7,10,17H,2,8-9H2,(H,16,19). The summed E-state index contributed by atoms with van der Waals surface area (Å²) in [6.07, 6.45) is 1.58. The van der Waals surface area contributed by atoms with Crippen LogP contribution in [0.15, 0.2) is 39.7 Å². The summed E-state index contributed by atoms with van der Waals surface area (Å²) in [5, 5.41) is 11.4. The van der Waals surface area contributed by atoms with E-state index in [-0.39, 0.29) is 12.5 Å². The van der Waals surface area contributed by atoms with Crippen LogP contribution >= 0.6 is 11.3 Å². The van der Waals surface area contributed by atoms with Gasteiger partial charge in [0.15, 0.2) is 0 Å². The van der Waals surface area contributed by atoms with Gasteiger partial charge in [-0.25, -0.2) is 4.79 Å². The summed E-state index contributed by atoms with van der Waals surface area (Å²) in [5.41, 5.74) is -0.190. The van der Waals surface area contributed by atoms with Gasteiger partial charge in [-0.05, 0) is 18.2 Å². The Morgan fingerprint density at radius 1 is 1.33 bits per heavy atom. The van der Waals surface area contributed by atoms with E-state index in [4.69, 9.17) is 5.11 Å². The third-order valence-electron chi connectivity index (χ3n) is 2.50. The molecule has 2 N–H and O–H groups in total. The van der Waals surface area contributed by atoms with E-state index in [0.29, 0.717) is 18.5 Å². The van der Waals surface area contributed by atoms with Gasteiger partial charge >= 0.3 is 5.63 Å². The van der Waals surface area contributed by atoms with Gasteiger partial charge in [-0.3, -0.25) is 4.79 Å². The zero-order valence-corrected chi connectivity index (χ0v) is 11.9. The van der Waals surface area contributed by atoms with Crippen LogP contribution in [0.25, 0.3) is 0 Å². The van der Waals surface area contributed by atoms with Crippen molar-refractivity contribution in [3.8, 4) is 11.8 Å². The number of hydrogen-bond acceptors (Lipinski definition) is 5. The number of thiophene rings is 1. The van der Waals surface area contributed by atoms with Crippen molar-refractivity contribution in [3.63, 3.8) is 0 Å². The average Bonchev–Trinajstić information content (AvgIpc) is 2.94. The van der Waals surface area contributed by atoms with E-state index in [9.17, 15) is 9.59 Å². The molecular formula is C15H13NO4S. The van der Waals surface area contributed by atoms with Crippen molar-refractivity contribution >= 4 is 17.2 Å². The van der Waals surface area contributed by atoms with E-state index >= 15 is 0 Å². The van der Waals surface area contributed by atoms with Crippen LogP contribution < -0.4 is 10.9 Å². The van der Waals surface area contributed by atoms with Gasteiger partial charge < -0.3 is 14.8 Å². The molecule has 1 amide bonds. The van der Waals surface area contributed by atoms with E-state index in [0.717, 1.165) is 16.0 Å². The molecule has 0 fully saturated rings. The second kappa shape index (κ2) is 7.43. The predicted octanol–water partition coefficient (Wildman–Crippen LogP) is 1.37. The molecule has 2 aromatic rings. The fourth-order valence-electron chi connectivity index (χ4n) is 1.50. The van der Waals surface area contributed by atoms with E-state index in [1.165, 1.54) is 23.5 Å². The molecule has 0 aromatic carbocycles. The van der Waals surface area contributed by atoms with Crippen LogP contribution in [0.3, 0.4) is 0 Å². The largest absolute Gasteiger partial charge is 0.430 e. The lowest BCUT2D eigenvalue weighted by atomic mass is 10.3. The number of aliphatic hydroxyl groups excluding tert-OH is 1. The average molecular weight is 303 g/mol. The number of rotatable bonds is 4. The number of hydrogen-bond donors (Lipinski definition) is 2. The fourth-order valence-corrected chi connectivity index (χ4v) is 2.32. The number of aliphatic hydroxyl groups is 1. The van der Waals surface area contributed by atoms with Crippen LogP contribution in [0.4, 0.5) is 0 Å². The predicted molar refractivity (Wildman–Crippen MR) is 79.0 cm³/mol. The Balaban J connectivity index is 1.91. The van der Waals surface area contributed by atoms with Crippen molar-refractivity contribution < 1.29 is 14.3 Å². The highest BCUT2D eigenvalue weighted by atomic mass is 32.1. The van der Waals surface area contributed by atoms with Gasteiger partial charge in [0.2, 0.25) is 0 Å². The number of carbonyl (C=O) groups is 1. The molecule has 2 heterocycles. The van der Waals surface area contributed by atoms with Crippen LogP contribution in [0.2, 0.25) is 0 Å². The van der Waals surface area contributed by atoms with Crippen LogP contribution in [-0.2, 0) is 6.54 Å². The quantitative estimate of drug-likeness (QED) is 0.836. The Morgan fingerprint density at radius 3 is 2.90 bits per heavy atom. The molecule has 2 aromatic heterocycles. The maximum atomic E-state index is 11.8. The summed E-state index contributed by atoms with van der Waals surface area (Å²) < 4.78 is 4.64. The topological polar surface area (TPSA) is 79.5 Å². The summed E-state index contributed by atoms with van der Waals surface area (Å²) in [6, 6.07) is 6.38. The molecule has 2 rings (SSSR count). The monoisotopic (exact) mass is 303 g/mol. The first-order valence-electron chi connectivity index (χ1n) is 6.24. The lowest BCUT2D eigenvalue weighted by molar-refractivity contribution is 0.0949. The molecule has 6 heteroatoms. The number of amides is 1. The smallest absolute Gasteiger partial charge is 0.335 e. The molecule has 0 aliphatic rings. The zero-order valence-electron chi connectivity index (χ0n) is 11.1. The highest BCUT2D eigenvalue weighted by Gasteiger charge is 2.06. The third kappa shape index (κ3) is 4.60. The van der Waals surface area contributed by atoms with Crippen molar-refractivity contribution in [2.75, 3.05) is 6.61 Å². The van der Waals surface area contributed by atoms with Gasteiger partial charge in [0.1, 0.15) is 6.26 Å². The second-order valence-corrected chi connectivity index (χ2v) is 5.24. The van der Waals surface area contributed by atoms with Crippen LogP contribution in [0, 0.1) is 11.8 Å². The van der Waals surface area contributed by atoms with Gasteiger partial charge in [-0.1, -0.05) is 11.8 Å². The van der Waals surface area contributed by atoms with Crippen molar-refractivity contribution in [2.24, 2.45) is 0 Å². The SMILES string of the molecule is O=C(NCc1ccc(C#CCCO)s1)c1ccc(=O)oc1. The minimum absolute atomic E-state index is 0.0501. The van der Waals surface area contributed by atoms with Crippen LogP contribution in [0.5, 0.6) is 0 Å². The minimum atomic E-state index is -0.490. The summed E-state index contributed by atoms with van der Waals surface area (Å²) in [5.74, 6) is 5.47. The minimum Gasteiger partial charge on any atom is -0.430 e. The van der Waals surface area contributed by atoms with Crippen molar-refractivity contribution in [2.45, 2.75) is 13.0 Å². The number of carbonyl (C=O) groups excluding carboxylic acids is 1. The Bertz CT molecular complexity index is 715. The molecule has 0 radical (unpaired) electrons. The summed E-state index contributed by atoms with van der Waals surface area (Å²) in [7, 11) is 0. The van der Waals surface area contributed by atoms with Crippen molar-refractivity contribution in [3.05, 3.63) is 56.3 Å². The molecule has 0 aliphatic heterocycles. The normalized spacial score (nSPS) is 9.76. The fraction of sp³-hybridized carbons (Fsp3) is 0.200. The van der Waals surface area contributed by atoms with Crippen LogP contribution in [0.1, 0.15) is 26.5 Å². The highest BCUT2D eigenvalue weighted by Crippen LogP contribution is 2.15. The maximum absolute atomic E-state index is 11.8.